The summed E-state index contributed by atoms with van der Waals surface area (Å²) in [6.45, 7) is 0.271. The lowest BCUT2D eigenvalue weighted by Gasteiger charge is -2.13. The Bertz CT molecular complexity index is 541. The Hall–Kier alpha value is -1.39. The van der Waals surface area contributed by atoms with Crippen LogP contribution in [-0.2, 0) is 16.8 Å². The summed E-state index contributed by atoms with van der Waals surface area (Å²) in [5.74, 6) is 5.70. The molecule has 3 N–H and O–H groups in total. The fraction of sp³-hybridized carbons (Fsp3) is 0.333. The van der Waals surface area contributed by atoms with Gasteiger partial charge in [-0.3, -0.25) is 0 Å². The Morgan fingerprint density at radius 1 is 1.33 bits per heavy atom. The van der Waals surface area contributed by atoms with E-state index in [1.807, 2.05) is 0 Å². The van der Waals surface area contributed by atoms with Crippen LogP contribution in [0.25, 0.3) is 0 Å². The largest absolute Gasteiger partial charge is 0.395 e. The lowest BCUT2D eigenvalue weighted by Crippen LogP contribution is -2.32. The number of nitrogens with zero attached hydrogens (tertiary/aromatic N) is 1. The van der Waals surface area contributed by atoms with Crippen molar-refractivity contribution in [2.75, 3.05) is 13.7 Å². The van der Waals surface area contributed by atoms with Gasteiger partial charge in [0.15, 0.2) is 0 Å². The van der Waals surface area contributed by atoms with Crippen LogP contribution in [-0.4, -0.2) is 31.5 Å². The molecule has 0 saturated heterocycles. The molecule has 0 heterocycles. The van der Waals surface area contributed by atoms with Gasteiger partial charge in [-0.05, 0) is 17.7 Å². The molecule has 0 bridgehead atoms. The van der Waals surface area contributed by atoms with Crippen molar-refractivity contribution < 1.29 is 13.5 Å². The molecule has 0 radical (unpaired) electrons. The standard InChI is InChI=1S/C12H16N2O3S/c1-14(18(13,16)17)10-12-7-5-11(6-8-12)4-2-3-9-15/h5-8,15H,3,9-10H2,1H3,(H2,13,16,17). The summed E-state index contributed by atoms with van der Waals surface area (Å²) in [7, 11) is -2.23. The van der Waals surface area contributed by atoms with E-state index in [1.165, 1.54) is 7.05 Å². The molecule has 18 heavy (non-hydrogen) atoms. The molecule has 1 aromatic rings. The smallest absolute Gasteiger partial charge is 0.276 e. The molecule has 0 saturated carbocycles. The predicted octanol–water partition coefficient (Wildman–Crippen LogP) is 0.0558. The maximum atomic E-state index is 11.0. The van der Waals surface area contributed by atoms with Crippen LogP contribution in [0.5, 0.6) is 0 Å². The van der Waals surface area contributed by atoms with E-state index in [0.29, 0.717) is 6.42 Å². The van der Waals surface area contributed by atoms with Crippen LogP contribution < -0.4 is 5.14 Å². The highest BCUT2D eigenvalue weighted by molar-refractivity contribution is 7.86. The maximum Gasteiger partial charge on any atom is 0.276 e. The Morgan fingerprint density at radius 2 is 1.94 bits per heavy atom. The van der Waals surface area contributed by atoms with Crippen LogP contribution in [0.1, 0.15) is 17.5 Å². The molecule has 0 atom stereocenters. The van der Waals surface area contributed by atoms with Crippen LogP contribution in [0.2, 0.25) is 0 Å². The van der Waals surface area contributed by atoms with Gasteiger partial charge in [0, 0.05) is 25.6 Å². The molecule has 0 unspecified atom stereocenters. The SMILES string of the molecule is CN(Cc1ccc(C#CCCO)cc1)S(N)(=O)=O. The van der Waals surface area contributed by atoms with E-state index >= 15 is 0 Å². The van der Waals surface area contributed by atoms with Crippen molar-refractivity contribution in [2.24, 2.45) is 5.14 Å². The van der Waals surface area contributed by atoms with E-state index in [2.05, 4.69) is 11.8 Å². The summed E-state index contributed by atoms with van der Waals surface area (Å²) in [6, 6.07) is 7.20. The Kier molecular flexibility index (Phi) is 5.31. The summed E-state index contributed by atoms with van der Waals surface area (Å²) in [5, 5.41) is 13.6. The number of aliphatic hydroxyl groups excluding tert-OH is 1. The number of hydrogen-bond donors (Lipinski definition) is 2. The van der Waals surface area contributed by atoms with E-state index in [4.69, 9.17) is 10.2 Å². The van der Waals surface area contributed by atoms with Crippen LogP contribution in [0.4, 0.5) is 0 Å². The molecule has 1 aromatic carbocycles. The molecule has 0 aromatic heterocycles. The third-order valence-corrected chi connectivity index (χ3v) is 3.26. The Balaban J connectivity index is 2.70. The topological polar surface area (TPSA) is 83.6 Å². The zero-order valence-electron chi connectivity index (χ0n) is 10.1. The van der Waals surface area contributed by atoms with Gasteiger partial charge < -0.3 is 5.11 Å². The zero-order chi connectivity index (χ0) is 13.6. The van der Waals surface area contributed by atoms with Gasteiger partial charge in [0.25, 0.3) is 10.2 Å². The Labute approximate surface area is 107 Å². The fourth-order valence-electron chi connectivity index (χ4n) is 1.26. The molecule has 98 valence electrons. The van der Waals surface area contributed by atoms with Gasteiger partial charge in [0.2, 0.25) is 0 Å². The highest BCUT2D eigenvalue weighted by Gasteiger charge is 2.11. The quantitative estimate of drug-likeness (QED) is 0.757. The zero-order valence-corrected chi connectivity index (χ0v) is 10.9. The van der Waals surface area contributed by atoms with Crippen LogP contribution in [0.3, 0.4) is 0 Å². The van der Waals surface area contributed by atoms with Gasteiger partial charge in [0.1, 0.15) is 0 Å². The molecule has 1 rings (SSSR count). The fourth-order valence-corrected chi connectivity index (χ4v) is 1.59. The molecule has 0 aliphatic heterocycles. The minimum absolute atomic E-state index is 0.0459. The minimum Gasteiger partial charge on any atom is -0.395 e. The summed E-state index contributed by atoms with van der Waals surface area (Å²) in [5.41, 5.74) is 1.66. The van der Waals surface area contributed by atoms with Crippen molar-refractivity contribution >= 4 is 10.2 Å². The minimum atomic E-state index is -3.65. The number of aliphatic hydroxyl groups is 1. The molecule has 0 amide bonds. The van der Waals surface area contributed by atoms with Crippen molar-refractivity contribution in [3.8, 4) is 11.8 Å². The molecular formula is C12H16N2O3S. The van der Waals surface area contributed by atoms with Crippen molar-refractivity contribution in [1.29, 1.82) is 0 Å². The van der Waals surface area contributed by atoms with Gasteiger partial charge in [0.05, 0.1) is 6.61 Å². The lowest BCUT2D eigenvalue weighted by atomic mass is 10.1. The summed E-state index contributed by atoms with van der Waals surface area (Å²) < 4.78 is 23.1. The number of rotatable bonds is 4. The summed E-state index contributed by atoms with van der Waals surface area (Å²) >= 11 is 0. The lowest BCUT2D eigenvalue weighted by molar-refractivity contribution is 0.305. The molecule has 0 aliphatic carbocycles. The monoisotopic (exact) mass is 268 g/mol. The van der Waals surface area contributed by atoms with E-state index in [-0.39, 0.29) is 13.2 Å². The third kappa shape index (κ3) is 4.85. The number of hydrogen-bond acceptors (Lipinski definition) is 3. The van der Waals surface area contributed by atoms with Gasteiger partial charge in [-0.1, -0.05) is 24.0 Å². The average Bonchev–Trinajstić information content (AvgIpc) is 2.30. The average molecular weight is 268 g/mol. The predicted molar refractivity (Wildman–Crippen MR) is 69.6 cm³/mol. The first-order valence-corrected chi connectivity index (χ1v) is 6.86. The van der Waals surface area contributed by atoms with Crippen LogP contribution >= 0.6 is 0 Å². The van der Waals surface area contributed by atoms with E-state index < -0.39 is 10.2 Å². The number of benzene rings is 1. The summed E-state index contributed by atoms with van der Waals surface area (Å²) in [6.07, 6.45) is 0.440. The van der Waals surface area contributed by atoms with Crippen molar-refractivity contribution in [1.82, 2.24) is 4.31 Å². The summed E-state index contributed by atoms with van der Waals surface area (Å²) in [4.78, 5) is 0. The van der Waals surface area contributed by atoms with E-state index in [9.17, 15) is 8.42 Å². The van der Waals surface area contributed by atoms with Crippen molar-refractivity contribution in [2.45, 2.75) is 13.0 Å². The van der Waals surface area contributed by atoms with E-state index in [1.54, 1.807) is 24.3 Å². The second-order valence-electron chi connectivity index (χ2n) is 3.77. The van der Waals surface area contributed by atoms with Crippen LogP contribution in [0, 0.1) is 11.8 Å². The first-order chi connectivity index (χ1) is 8.43. The molecule has 6 heteroatoms. The second kappa shape index (κ2) is 6.52. The van der Waals surface area contributed by atoms with Crippen molar-refractivity contribution in [3.63, 3.8) is 0 Å². The normalized spacial score (nSPS) is 11.1. The first-order valence-electron chi connectivity index (χ1n) is 5.36. The highest BCUT2D eigenvalue weighted by atomic mass is 32.2. The molecule has 0 fully saturated rings. The van der Waals surface area contributed by atoms with Gasteiger partial charge in [-0.2, -0.15) is 12.7 Å². The molecular weight excluding hydrogens is 252 g/mol. The van der Waals surface area contributed by atoms with Gasteiger partial charge in [-0.15, -0.1) is 0 Å². The molecule has 0 spiro atoms. The van der Waals surface area contributed by atoms with Crippen LogP contribution in [0.15, 0.2) is 24.3 Å². The van der Waals surface area contributed by atoms with Gasteiger partial charge in [-0.25, -0.2) is 5.14 Å². The Morgan fingerprint density at radius 3 is 2.44 bits per heavy atom. The highest BCUT2D eigenvalue weighted by Crippen LogP contribution is 2.07. The number of nitrogens with two attached hydrogens (primary N) is 1. The first kappa shape index (κ1) is 14.7. The molecule has 0 aliphatic rings. The van der Waals surface area contributed by atoms with Gasteiger partial charge >= 0.3 is 0 Å². The molecule has 5 nitrogen and oxygen atoms in total. The second-order valence-corrected chi connectivity index (χ2v) is 5.43. The third-order valence-electron chi connectivity index (χ3n) is 2.26. The maximum absolute atomic E-state index is 11.0. The van der Waals surface area contributed by atoms with Crippen molar-refractivity contribution in [3.05, 3.63) is 35.4 Å². The van der Waals surface area contributed by atoms with E-state index in [0.717, 1.165) is 15.4 Å².